The van der Waals surface area contributed by atoms with Crippen molar-refractivity contribution >= 4 is 11.4 Å². The highest BCUT2D eigenvalue weighted by Gasteiger charge is 2.16. The Hall–Kier alpha value is -1.65. The van der Waals surface area contributed by atoms with Crippen LogP contribution in [0.4, 0.5) is 15.8 Å². The van der Waals surface area contributed by atoms with Crippen molar-refractivity contribution in [3.8, 4) is 0 Å². The maximum absolute atomic E-state index is 13.4. The highest BCUT2D eigenvalue weighted by atomic mass is 19.1. The number of aryl methyl sites for hydroxylation is 1. The first-order valence-electron chi connectivity index (χ1n) is 7.60. The van der Waals surface area contributed by atoms with Crippen LogP contribution in [0.5, 0.6) is 0 Å². The van der Waals surface area contributed by atoms with E-state index in [0.717, 1.165) is 24.8 Å². The molecule has 0 amide bonds. The van der Waals surface area contributed by atoms with E-state index in [1.165, 1.54) is 25.3 Å². The summed E-state index contributed by atoms with van der Waals surface area (Å²) in [4.78, 5) is 10.4. The average molecular weight is 296 g/mol. The van der Waals surface area contributed by atoms with Crippen LogP contribution in [0.2, 0.25) is 0 Å². The number of nitrogens with one attached hydrogen (secondary N) is 1. The minimum absolute atomic E-state index is 0.196. The number of nitro benzene ring substituents is 1. The van der Waals surface area contributed by atoms with Crippen molar-refractivity contribution in [3.63, 3.8) is 0 Å². The fourth-order valence-corrected chi connectivity index (χ4v) is 2.22. The largest absolute Gasteiger partial charge is 0.379 e. The van der Waals surface area contributed by atoms with E-state index in [1.807, 2.05) is 0 Å². The summed E-state index contributed by atoms with van der Waals surface area (Å²) in [6.07, 6.45) is 5.73. The van der Waals surface area contributed by atoms with Gasteiger partial charge in [0.15, 0.2) is 0 Å². The number of halogens is 1. The van der Waals surface area contributed by atoms with Gasteiger partial charge in [-0.05, 0) is 30.9 Å². The van der Waals surface area contributed by atoms with E-state index in [-0.39, 0.29) is 5.69 Å². The summed E-state index contributed by atoms with van der Waals surface area (Å²) in [5.41, 5.74) is 0.624. The molecule has 0 aromatic heterocycles. The minimum atomic E-state index is -0.548. The van der Waals surface area contributed by atoms with E-state index in [4.69, 9.17) is 0 Å². The summed E-state index contributed by atoms with van der Waals surface area (Å²) in [5.74, 6) is 0.203. The van der Waals surface area contributed by atoms with Crippen molar-refractivity contribution in [2.24, 2.45) is 5.92 Å². The van der Waals surface area contributed by atoms with Gasteiger partial charge in [0.1, 0.15) is 11.5 Å². The Kier molecular flexibility index (Phi) is 7.12. The van der Waals surface area contributed by atoms with Gasteiger partial charge in [0.25, 0.3) is 5.69 Å². The number of rotatable bonds is 9. The normalized spacial score (nSPS) is 10.9. The van der Waals surface area contributed by atoms with Gasteiger partial charge in [0.2, 0.25) is 0 Å². The zero-order valence-corrected chi connectivity index (χ0v) is 13.1. The molecule has 0 spiro atoms. The molecule has 118 valence electrons. The molecule has 0 aliphatic rings. The SMILES string of the molecule is Cc1cc(NCCCCCCC(C)C)c([N+](=O)[O-])cc1F. The Morgan fingerprint density at radius 3 is 2.52 bits per heavy atom. The third kappa shape index (κ3) is 6.10. The summed E-state index contributed by atoms with van der Waals surface area (Å²) in [6.45, 7) is 6.72. The predicted molar refractivity (Wildman–Crippen MR) is 84.2 cm³/mol. The number of nitrogens with zero attached hydrogens (tertiary/aromatic N) is 1. The lowest BCUT2D eigenvalue weighted by atomic mass is 10.0. The Bertz CT molecular complexity index is 476. The summed E-state index contributed by atoms with van der Waals surface area (Å²) >= 11 is 0. The molecular weight excluding hydrogens is 271 g/mol. The number of nitro groups is 1. The molecule has 1 rings (SSSR count). The van der Waals surface area contributed by atoms with Gasteiger partial charge < -0.3 is 5.32 Å². The maximum atomic E-state index is 13.4. The molecule has 1 N–H and O–H groups in total. The molecule has 0 aliphatic carbocycles. The maximum Gasteiger partial charge on any atom is 0.295 e. The van der Waals surface area contributed by atoms with Gasteiger partial charge in [-0.2, -0.15) is 0 Å². The second kappa shape index (κ2) is 8.60. The number of unbranched alkanes of at least 4 members (excludes halogenated alkanes) is 3. The molecule has 0 atom stereocenters. The highest BCUT2D eigenvalue weighted by molar-refractivity contribution is 5.63. The summed E-state index contributed by atoms with van der Waals surface area (Å²) in [6, 6.07) is 2.49. The Morgan fingerprint density at radius 2 is 1.90 bits per heavy atom. The second-order valence-electron chi connectivity index (χ2n) is 5.90. The summed E-state index contributed by atoms with van der Waals surface area (Å²) in [5, 5.41) is 14.0. The summed E-state index contributed by atoms with van der Waals surface area (Å²) in [7, 11) is 0. The lowest BCUT2D eigenvalue weighted by molar-refractivity contribution is -0.384. The summed E-state index contributed by atoms with van der Waals surface area (Å²) < 4.78 is 13.4. The van der Waals surface area contributed by atoms with E-state index in [9.17, 15) is 14.5 Å². The third-order valence-corrected chi connectivity index (χ3v) is 3.50. The van der Waals surface area contributed by atoms with Crippen LogP contribution in [0, 0.1) is 28.8 Å². The quantitative estimate of drug-likeness (QED) is 0.393. The molecule has 21 heavy (non-hydrogen) atoms. The molecule has 1 aromatic rings. The first-order valence-corrected chi connectivity index (χ1v) is 7.60. The molecule has 1 aromatic carbocycles. The average Bonchev–Trinajstić information content (AvgIpc) is 2.40. The van der Waals surface area contributed by atoms with Crippen LogP contribution in [0.25, 0.3) is 0 Å². The first-order chi connectivity index (χ1) is 9.91. The molecule has 0 radical (unpaired) electrons. The van der Waals surface area contributed by atoms with Crippen LogP contribution in [0.1, 0.15) is 51.5 Å². The van der Waals surface area contributed by atoms with E-state index >= 15 is 0 Å². The molecule has 4 nitrogen and oxygen atoms in total. The van der Waals surface area contributed by atoms with Gasteiger partial charge >= 0.3 is 0 Å². The van der Waals surface area contributed by atoms with Gasteiger partial charge in [-0.3, -0.25) is 10.1 Å². The monoisotopic (exact) mass is 296 g/mol. The molecule has 0 fully saturated rings. The molecule has 0 bridgehead atoms. The second-order valence-corrected chi connectivity index (χ2v) is 5.90. The molecule has 5 heteroatoms. The highest BCUT2D eigenvalue weighted by Crippen LogP contribution is 2.27. The smallest absolute Gasteiger partial charge is 0.295 e. The van der Waals surface area contributed by atoms with Gasteiger partial charge in [0, 0.05) is 6.54 Å². The van der Waals surface area contributed by atoms with Crippen molar-refractivity contribution in [3.05, 3.63) is 33.6 Å². The fraction of sp³-hybridized carbons (Fsp3) is 0.625. The van der Waals surface area contributed by atoms with Crippen LogP contribution < -0.4 is 5.32 Å². The van der Waals surface area contributed by atoms with Crippen molar-refractivity contribution in [1.82, 2.24) is 0 Å². The Labute approximate surface area is 125 Å². The van der Waals surface area contributed by atoms with Crippen LogP contribution in [-0.2, 0) is 0 Å². The standard InChI is InChI=1S/C16H25FN2O2/c1-12(2)8-6-4-5-7-9-18-15-10-13(3)14(17)11-16(15)19(20)21/h10-12,18H,4-9H2,1-3H3. The van der Waals surface area contributed by atoms with E-state index in [1.54, 1.807) is 6.92 Å². The minimum Gasteiger partial charge on any atom is -0.379 e. The molecule has 0 aliphatic heterocycles. The van der Waals surface area contributed by atoms with Crippen molar-refractivity contribution in [1.29, 1.82) is 0 Å². The van der Waals surface area contributed by atoms with Crippen LogP contribution in [0.3, 0.4) is 0 Å². The number of hydrogen-bond donors (Lipinski definition) is 1. The van der Waals surface area contributed by atoms with E-state index in [2.05, 4.69) is 19.2 Å². The van der Waals surface area contributed by atoms with Crippen LogP contribution in [-0.4, -0.2) is 11.5 Å². The lowest BCUT2D eigenvalue weighted by Gasteiger charge is -2.09. The van der Waals surface area contributed by atoms with E-state index < -0.39 is 10.7 Å². The zero-order valence-electron chi connectivity index (χ0n) is 13.1. The predicted octanol–water partition coefficient (Wildman–Crippen LogP) is 5.06. The van der Waals surface area contributed by atoms with Crippen molar-refractivity contribution in [2.75, 3.05) is 11.9 Å². The van der Waals surface area contributed by atoms with Gasteiger partial charge in [-0.15, -0.1) is 0 Å². The van der Waals surface area contributed by atoms with Gasteiger partial charge in [-0.1, -0.05) is 39.5 Å². The lowest BCUT2D eigenvalue weighted by Crippen LogP contribution is -2.05. The molecule has 0 heterocycles. The third-order valence-electron chi connectivity index (χ3n) is 3.50. The first kappa shape index (κ1) is 17.4. The Morgan fingerprint density at radius 1 is 1.24 bits per heavy atom. The molecule has 0 saturated heterocycles. The number of benzene rings is 1. The van der Waals surface area contributed by atoms with E-state index in [0.29, 0.717) is 17.8 Å². The van der Waals surface area contributed by atoms with Crippen molar-refractivity contribution < 1.29 is 9.31 Å². The topological polar surface area (TPSA) is 55.2 Å². The zero-order chi connectivity index (χ0) is 15.8. The fourth-order valence-electron chi connectivity index (χ4n) is 2.22. The number of hydrogen-bond acceptors (Lipinski definition) is 3. The van der Waals surface area contributed by atoms with Gasteiger partial charge in [-0.25, -0.2) is 4.39 Å². The molecule has 0 saturated carbocycles. The molecule has 0 unspecified atom stereocenters. The number of anilines is 1. The Balaban J connectivity index is 2.41. The van der Waals surface area contributed by atoms with Crippen molar-refractivity contribution in [2.45, 2.75) is 52.9 Å². The van der Waals surface area contributed by atoms with Gasteiger partial charge in [0.05, 0.1) is 11.0 Å². The van der Waals surface area contributed by atoms with Crippen LogP contribution >= 0.6 is 0 Å². The molecular formula is C16H25FN2O2. The van der Waals surface area contributed by atoms with Crippen LogP contribution in [0.15, 0.2) is 12.1 Å².